The third-order valence-electron chi connectivity index (χ3n) is 1.47. The van der Waals surface area contributed by atoms with Crippen LogP contribution in [-0.2, 0) is 0 Å². The summed E-state index contributed by atoms with van der Waals surface area (Å²) in [6, 6.07) is 10.4. The first kappa shape index (κ1) is 12.0. The normalized spacial score (nSPS) is 9.92. The molecule has 0 aromatic heterocycles. The fraction of sp³-hybridized carbons (Fsp3) is 0.385. The van der Waals surface area contributed by atoms with E-state index in [1.54, 1.807) is 0 Å². The maximum absolute atomic E-state index is 2.20. The van der Waals surface area contributed by atoms with Crippen LogP contribution in [0.15, 0.2) is 36.4 Å². The molecule has 0 radical (unpaired) electrons. The molecular formula is C13H20. The summed E-state index contributed by atoms with van der Waals surface area (Å²) in [7, 11) is 0. The van der Waals surface area contributed by atoms with Crippen molar-refractivity contribution in [3.63, 3.8) is 0 Å². The van der Waals surface area contributed by atoms with E-state index in [0.717, 1.165) is 0 Å². The van der Waals surface area contributed by atoms with Crippen LogP contribution < -0.4 is 0 Å². The molecule has 0 aliphatic carbocycles. The van der Waals surface area contributed by atoms with E-state index in [0.29, 0.717) is 5.92 Å². The zero-order valence-corrected chi connectivity index (χ0v) is 9.12. The Labute approximate surface area is 82.3 Å². The second-order valence-corrected chi connectivity index (χ2v) is 3.01. The van der Waals surface area contributed by atoms with Crippen LogP contribution in [0.25, 0.3) is 6.08 Å². The van der Waals surface area contributed by atoms with Crippen LogP contribution in [0.2, 0.25) is 0 Å². The average molecular weight is 176 g/mol. The minimum absolute atomic E-state index is 0.634. The molecule has 0 heterocycles. The minimum atomic E-state index is 0.634. The quantitative estimate of drug-likeness (QED) is 0.627. The monoisotopic (exact) mass is 176 g/mol. The Hall–Kier alpha value is -1.04. The Kier molecular flexibility index (Phi) is 6.99. The van der Waals surface area contributed by atoms with Crippen molar-refractivity contribution in [1.82, 2.24) is 0 Å². The molecule has 0 aliphatic rings. The van der Waals surface area contributed by atoms with Gasteiger partial charge in [0.1, 0.15) is 0 Å². The molecule has 0 atom stereocenters. The summed E-state index contributed by atoms with van der Waals surface area (Å²) >= 11 is 0. The molecule has 0 amide bonds. The van der Waals surface area contributed by atoms with E-state index in [-0.39, 0.29) is 0 Å². The van der Waals surface area contributed by atoms with Crippen molar-refractivity contribution >= 4 is 6.08 Å². The molecule has 0 heteroatoms. The molecule has 0 aliphatic heterocycles. The Morgan fingerprint density at radius 1 is 1.00 bits per heavy atom. The average Bonchev–Trinajstić information content (AvgIpc) is 2.19. The smallest absolute Gasteiger partial charge is 0.0260 e. The first-order chi connectivity index (χ1) is 6.29. The summed E-state index contributed by atoms with van der Waals surface area (Å²) in [5.41, 5.74) is 1.28. The van der Waals surface area contributed by atoms with Crippen molar-refractivity contribution in [2.45, 2.75) is 27.7 Å². The minimum Gasteiger partial charge on any atom is -0.0814 e. The van der Waals surface area contributed by atoms with E-state index in [4.69, 9.17) is 0 Å². The van der Waals surface area contributed by atoms with Gasteiger partial charge in [-0.05, 0) is 11.5 Å². The van der Waals surface area contributed by atoms with Gasteiger partial charge in [-0.25, -0.2) is 0 Å². The molecule has 0 unspecified atom stereocenters. The highest BCUT2D eigenvalue weighted by atomic mass is 13.9. The number of rotatable bonds is 2. The third kappa shape index (κ3) is 6.15. The van der Waals surface area contributed by atoms with Gasteiger partial charge in [0.05, 0.1) is 0 Å². The molecule has 1 aromatic carbocycles. The lowest BCUT2D eigenvalue weighted by Crippen LogP contribution is -1.76. The molecule has 1 rings (SSSR count). The van der Waals surface area contributed by atoms with E-state index in [2.05, 4.69) is 50.3 Å². The fourth-order valence-electron chi connectivity index (χ4n) is 0.868. The van der Waals surface area contributed by atoms with Crippen molar-refractivity contribution in [2.24, 2.45) is 5.92 Å². The Balaban J connectivity index is 0.000000671. The molecule has 0 saturated heterocycles. The van der Waals surface area contributed by atoms with Crippen LogP contribution in [0.3, 0.4) is 0 Å². The molecule has 13 heavy (non-hydrogen) atoms. The van der Waals surface area contributed by atoms with Crippen molar-refractivity contribution in [1.29, 1.82) is 0 Å². The van der Waals surface area contributed by atoms with Gasteiger partial charge in [-0.15, -0.1) is 0 Å². The van der Waals surface area contributed by atoms with Gasteiger partial charge in [-0.3, -0.25) is 0 Å². The molecule has 0 nitrogen and oxygen atoms in total. The van der Waals surface area contributed by atoms with E-state index in [9.17, 15) is 0 Å². The van der Waals surface area contributed by atoms with Gasteiger partial charge < -0.3 is 0 Å². The van der Waals surface area contributed by atoms with Gasteiger partial charge in [-0.1, -0.05) is 70.2 Å². The lowest BCUT2D eigenvalue weighted by atomic mass is 10.1. The highest BCUT2D eigenvalue weighted by Crippen LogP contribution is 2.03. The molecule has 0 bridgehead atoms. The summed E-state index contributed by atoms with van der Waals surface area (Å²) in [6.45, 7) is 8.36. The topological polar surface area (TPSA) is 0 Å². The van der Waals surface area contributed by atoms with Crippen LogP contribution >= 0.6 is 0 Å². The summed E-state index contributed by atoms with van der Waals surface area (Å²) in [6.07, 6.45) is 4.36. The second kappa shape index (κ2) is 7.60. The maximum Gasteiger partial charge on any atom is -0.0260 e. The van der Waals surface area contributed by atoms with Gasteiger partial charge in [0.25, 0.3) is 0 Å². The van der Waals surface area contributed by atoms with Crippen LogP contribution in [0, 0.1) is 5.92 Å². The molecule has 0 spiro atoms. The maximum atomic E-state index is 2.20. The molecule has 1 aromatic rings. The fourth-order valence-corrected chi connectivity index (χ4v) is 0.868. The molecule has 0 N–H and O–H groups in total. The summed E-state index contributed by atoms with van der Waals surface area (Å²) in [5.74, 6) is 0.634. The summed E-state index contributed by atoms with van der Waals surface area (Å²) in [4.78, 5) is 0. The molecule has 72 valence electrons. The lowest BCUT2D eigenvalue weighted by molar-refractivity contribution is 0.836. The molecular weight excluding hydrogens is 156 g/mol. The van der Waals surface area contributed by atoms with E-state index in [1.165, 1.54) is 5.56 Å². The second-order valence-electron chi connectivity index (χ2n) is 3.01. The number of allylic oxidation sites excluding steroid dienone is 1. The van der Waals surface area contributed by atoms with Crippen LogP contribution in [0.5, 0.6) is 0 Å². The van der Waals surface area contributed by atoms with E-state index < -0.39 is 0 Å². The van der Waals surface area contributed by atoms with Gasteiger partial charge >= 0.3 is 0 Å². The van der Waals surface area contributed by atoms with E-state index in [1.807, 2.05) is 19.9 Å². The largest absolute Gasteiger partial charge is 0.0814 e. The van der Waals surface area contributed by atoms with Gasteiger partial charge in [0.15, 0.2) is 0 Å². The first-order valence-corrected chi connectivity index (χ1v) is 5.02. The Morgan fingerprint density at radius 2 is 1.54 bits per heavy atom. The first-order valence-electron chi connectivity index (χ1n) is 5.02. The molecule has 0 saturated carbocycles. The van der Waals surface area contributed by atoms with Crippen molar-refractivity contribution in [2.75, 3.05) is 0 Å². The van der Waals surface area contributed by atoms with Crippen LogP contribution in [0.1, 0.15) is 33.3 Å². The number of hydrogen-bond acceptors (Lipinski definition) is 0. The van der Waals surface area contributed by atoms with Crippen molar-refractivity contribution in [3.8, 4) is 0 Å². The summed E-state index contributed by atoms with van der Waals surface area (Å²) in [5, 5.41) is 0. The number of benzene rings is 1. The van der Waals surface area contributed by atoms with E-state index >= 15 is 0 Å². The molecule has 0 fully saturated rings. The Morgan fingerprint density at radius 3 is 2.00 bits per heavy atom. The zero-order valence-electron chi connectivity index (χ0n) is 9.12. The lowest BCUT2D eigenvalue weighted by Gasteiger charge is -1.93. The van der Waals surface area contributed by atoms with Crippen molar-refractivity contribution in [3.05, 3.63) is 42.0 Å². The zero-order chi connectivity index (χ0) is 10.1. The predicted molar refractivity (Wildman–Crippen MR) is 61.7 cm³/mol. The van der Waals surface area contributed by atoms with Gasteiger partial charge in [-0.2, -0.15) is 0 Å². The Bertz CT molecular complexity index is 219. The number of hydrogen-bond donors (Lipinski definition) is 0. The summed E-state index contributed by atoms with van der Waals surface area (Å²) < 4.78 is 0. The van der Waals surface area contributed by atoms with Crippen molar-refractivity contribution < 1.29 is 0 Å². The highest BCUT2D eigenvalue weighted by Gasteiger charge is 1.84. The SMILES string of the molecule is CC.CC(C)/C=C\c1ccccc1. The van der Waals surface area contributed by atoms with Gasteiger partial charge in [0.2, 0.25) is 0 Å². The van der Waals surface area contributed by atoms with Crippen LogP contribution in [0.4, 0.5) is 0 Å². The van der Waals surface area contributed by atoms with Gasteiger partial charge in [0, 0.05) is 0 Å². The highest BCUT2D eigenvalue weighted by molar-refractivity contribution is 5.48. The standard InChI is InChI=1S/C11H14.C2H6/c1-10(2)8-9-11-6-4-3-5-7-11;1-2/h3-10H,1-2H3;1-2H3/b9-8-;. The third-order valence-corrected chi connectivity index (χ3v) is 1.47. The predicted octanol–water partition coefficient (Wildman–Crippen LogP) is 4.38. The van der Waals surface area contributed by atoms with Crippen LogP contribution in [-0.4, -0.2) is 0 Å².